The lowest BCUT2D eigenvalue weighted by molar-refractivity contribution is 1.22. The summed E-state index contributed by atoms with van der Waals surface area (Å²) in [5, 5.41) is 0. The van der Waals surface area contributed by atoms with Gasteiger partial charge in [0, 0.05) is 16.2 Å². The Morgan fingerprint density at radius 2 is 1.72 bits per heavy atom. The molecule has 1 heterocycles. The number of imidazole rings is 1. The molecule has 0 atom stereocenters. The minimum absolute atomic E-state index is 0.914. The molecule has 3 heteroatoms. The normalized spacial score (nSPS) is 12.0. The van der Waals surface area contributed by atoms with Gasteiger partial charge in [-0.3, -0.25) is 0 Å². The Morgan fingerprint density at radius 3 is 2.40 bits per heavy atom. The molecule has 0 aliphatic carbocycles. The van der Waals surface area contributed by atoms with E-state index in [1.807, 2.05) is 18.2 Å². The quantitative estimate of drug-likeness (QED) is 0.565. The molecule has 126 valence electrons. The van der Waals surface area contributed by atoms with Crippen molar-refractivity contribution in [1.82, 2.24) is 9.97 Å². The van der Waals surface area contributed by atoms with Gasteiger partial charge in [0.25, 0.3) is 0 Å². The van der Waals surface area contributed by atoms with Crippen molar-refractivity contribution in [3.63, 3.8) is 0 Å². The number of benzene rings is 2. The number of nitrogens with zero attached hydrogens (tertiary/aromatic N) is 1. The lowest BCUT2D eigenvalue weighted by Crippen LogP contribution is -1.83. The smallest absolute Gasteiger partial charge is 0.144 e. The second kappa shape index (κ2) is 8.04. The number of aryl methyl sites for hydroxylation is 2. The Labute approximate surface area is 153 Å². The summed E-state index contributed by atoms with van der Waals surface area (Å²) in [7, 11) is 0. The fourth-order valence-electron chi connectivity index (χ4n) is 2.62. The van der Waals surface area contributed by atoms with Crippen LogP contribution in [0.5, 0.6) is 0 Å². The molecule has 0 bridgehead atoms. The van der Waals surface area contributed by atoms with Crippen molar-refractivity contribution in [1.29, 1.82) is 0 Å². The Bertz CT molecular complexity index is 888. The van der Waals surface area contributed by atoms with Gasteiger partial charge in [-0.25, -0.2) is 4.98 Å². The highest BCUT2D eigenvalue weighted by Gasteiger charge is 2.11. The largest absolute Gasteiger partial charge is 0.341 e. The van der Waals surface area contributed by atoms with Crippen LogP contribution in [-0.2, 0) is 0 Å². The van der Waals surface area contributed by atoms with E-state index in [1.165, 1.54) is 11.1 Å². The highest BCUT2D eigenvalue weighted by atomic mass is 32.2. The van der Waals surface area contributed by atoms with Crippen molar-refractivity contribution < 1.29 is 0 Å². The highest BCUT2D eigenvalue weighted by molar-refractivity contribution is 8.07. The molecule has 0 unspecified atom stereocenters. The molecule has 0 aliphatic rings. The van der Waals surface area contributed by atoms with Crippen LogP contribution in [0, 0.1) is 13.8 Å². The number of aromatic nitrogens is 2. The van der Waals surface area contributed by atoms with Crippen molar-refractivity contribution in [3.8, 4) is 11.3 Å². The molecule has 0 saturated heterocycles. The van der Waals surface area contributed by atoms with E-state index in [0.717, 1.165) is 27.7 Å². The molecule has 2 nitrogen and oxygen atoms in total. The van der Waals surface area contributed by atoms with Gasteiger partial charge in [0.1, 0.15) is 5.82 Å². The first kappa shape index (κ1) is 17.3. The van der Waals surface area contributed by atoms with E-state index in [9.17, 15) is 0 Å². The fraction of sp³-hybridized carbons (Fsp3) is 0.136. The third-order valence-corrected chi connectivity index (χ3v) is 4.77. The Kier molecular flexibility index (Phi) is 5.56. The first-order valence-corrected chi connectivity index (χ1v) is 9.51. The summed E-state index contributed by atoms with van der Waals surface area (Å²) in [4.78, 5) is 9.35. The number of aromatic amines is 1. The zero-order chi connectivity index (χ0) is 17.6. The summed E-state index contributed by atoms with van der Waals surface area (Å²) >= 11 is 1.69. The number of rotatable bonds is 5. The van der Waals surface area contributed by atoms with Gasteiger partial charge in [0.2, 0.25) is 0 Å². The van der Waals surface area contributed by atoms with Crippen molar-refractivity contribution in [2.45, 2.75) is 13.8 Å². The molecule has 0 fully saturated rings. The lowest BCUT2D eigenvalue weighted by atomic mass is 10.1. The monoisotopic (exact) mass is 346 g/mol. The molecule has 0 aliphatic heterocycles. The molecule has 25 heavy (non-hydrogen) atoms. The topological polar surface area (TPSA) is 28.7 Å². The predicted molar refractivity (Wildman–Crippen MR) is 110 cm³/mol. The fourth-order valence-corrected chi connectivity index (χ4v) is 3.13. The average molecular weight is 346 g/mol. The summed E-state index contributed by atoms with van der Waals surface area (Å²) in [5.74, 6) is 0.914. The zero-order valence-corrected chi connectivity index (χ0v) is 15.6. The van der Waals surface area contributed by atoms with Crippen LogP contribution in [0.3, 0.4) is 0 Å². The van der Waals surface area contributed by atoms with Gasteiger partial charge in [-0.2, -0.15) is 0 Å². The molecular formula is C22H22N2S. The van der Waals surface area contributed by atoms with Gasteiger partial charge in [0.05, 0.1) is 5.69 Å². The lowest BCUT2D eigenvalue weighted by Gasteiger charge is -1.98. The van der Waals surface area contributed by atoms with Gasteiger partial charge in [0.15, 0.2) is 0 Å². The van der Waals surface area contributed by atoms with Gasteiger partial charge < -0.3 is 4.98 Å². The molecule has 1 aromatic heterocycles. The van der Waals surface area contributed by atoms with Crippen molar-refractivity contribution in [2.24, 2.45) is 0 Å². The van der Waals surface area contributed by atoms with Crippen molar-refractivity contribution >= 4 is 22.7 Å². The summed E-state index contributed by atoms with van der Waals surface area (Å²) in [6, 6.07) is 18.8. The SMILES string of the molecule is CS/C(=C\C=C\c1ccc(C)cc1)c1nc(-c2ccccc2)c(C)[nH]1. The van der Waals surface area contributed by atoms with Gasteiger partial charge in [-0.05, 0) is 31.7 Å². The number of hydrogen-bond acceptors (Lipinski definition) is 2. The number of thioether (sulfide) groups is 1. The number of nitrogens with one attached hydrogen (secondary N) is 1. The van der Waals surface area contributed by atoms with Crippen LogP contribution >= 0.6 is 11.8 Å². The third-order valence-electron chi connectivity index (χ3n) is 4.00. The third kappa shape index (κ3) is 4.31. The molecule has 2 aromatic carbocycles. The number of allylic oxidation sites excluding steroid dienone is 2. The van der Waals surface area contributed by atoms with Crippen LogP contribution in [0.25, 0.3) is 22.2 Å². The van der Waals surface area contributed by atoms with Crippen LogP contribution in [0.15, 0.2) is 66.7 Å². The summed E-state index contributed by atoms with van der Waals surface area (Å²) in [6.45, 7) is 4.17. The van der Waals surface area contributed by atoms with Crippen molar-refractivity contribution in [2.75, 3.05) is 6.26 Å². The predicted octanol–water partition coefficient (Wildman–Crippen LogP) is 6.11. The van der Waals surface area contributed by atoms with Crippen molar-refractivity contribution in [3.05, 3.63) is 89.4 Å². The van der Waals surface area contributed by atoms with Crippen LogP contribution in [0.1, 0.15) is 22.6 Å². The van der Waals surface area contributed by atoms with Crippen LogP contribution in [-0.4, -0.2) is 16.2 Å². The first-order valence-electron chi connectivity index (χ1n) is 8.29. The number of H-pyrrole nitrogens is 1. The molecule has 0 amide bonds. The summed E-state index contributed by atoms with van der Waals surface area (Å²) in [6.07, 6.45) is 8.38. The maximum absolute atomic E-state index is 4.81. The molecule has 1 N–H and O–H groups in total. The second-order valence-corrected chi connectivity index (χ2v) is 6.78. The Balaban J connectivity index is 1.84. The molecule has 3 rings (SSSR count). The van der Waals surface area contributed by atoms with Gasteiger partial charge >= 0.3 is 0 Å². The summed E-state index contributed by atoms with van der Waals surface area (Å²) < 4.78 is 0. The average Bonchev–Trinajstić information content (AvgIpc) is 3.02. The zero-order valence-electron chi connectivity index (χ0n) is 14.8. The van der Waals surface area contributed by atoms with Gasteiger partial charge in [-0.15, -0.1) is 11.8 Å². The van der Waals surface area contributed by atoms with E-state index >= 15 is 0 Å². The Hall–Kier alpha value is -2.52. The maximum atomic E-state index is 4.81. The van der Waals surface area contributed by atoms with E-state index in [4.69, 9.17) is 4.98 Å². The molecule has 0 spiro atoms. The molecule has 3 aromatic rings. The Morgan fingerprint density at radius 1 is 1.00 bits per heavy atom. The maximum Gasteiger partial charge on any atom is 0.144 e. The van der Waals surface area contributed by atoms with E-state index < -0.39 is 0 Å². The summed E-state index contributed by atoms with van der Waals surface area (Å²) in [5.41, 5.74) is 5.71. The van der Waals surface area contributed by atoms with E-state index in [1.54, 1.807) is 11.8 Å². The minimum atomic E-state index is 0.914. The van der Waals surface area contributed by atoms with E-state index in [-0.39, 0.29) is 0 Å². The standard InChI is InChI=1S/C22H22N2S/c1-16-12-14-18(15-13-16)8-7-11-20(25-3)22-23-17(2)21(24-22)19-9-5-4-6-10-19/h4-15H,1-3H3,(H,23,24)/b8-7+,20-11-. The number of hydrogen-bond donors (Lipinski definition) is 1. The van der Waals surface area contributed by atoms with Crippen LogP contribution in [0.4, 0.5) is 0 Å². The molecule has 0 radical (unpaired) electrons. The van der Waals surface area contributed by atoms with Crippen LogP contribution < -0.4 is 0 Å². The van der Waals surface area contributed by atoms with E-state index in [2.05, 4.69) is 79.7 Å². The van der Waals surface area contributed by atoms with Gasteiger partial charge in [-0.1, -0.05) is 72.3 Å². The first-order chi connectivity index (χ1) is 12.2. The highest BCUT2D eigenvalue weighted by Crippen LogP contribution is 2.28. The molecular weight excluding hydrogens is 324 g/mol. The second-order valence-electron chi connectivity index (χ2n) is 5.93. The van der Waals surface area contributed by atoms with Crippen LogP contribution in [0.2, 0.25) is 0 Å². The molecule has 0 saturated carbocycles. The minimum Gasteiger partial charge on any atom is -0.341 e. The van der Waals surface area contributed by atoms with E-state index in [0.29, 0.717) is 0 Å².